The molecule has 0 N–H and O–H groups in total. The summed E-state index contributed by atoms with van der Waals surface area (Å²) in [5.74, 6) is -0.806. The van der Waals surface area contributed by atoms with Crippen LogP contribution < -0.4 is 4.90 Å². The molecule has 8 heteroatoms. The Morgan fingerprint density at radius 3 is 2.65 bits per heavy atom. The highest BCUT2D eigenvalue weighted by molar-refractivity contribution is 7.86. The average molecular weight is 337 g/mol. The van der Waals surface area contributed by atoms with Crippen LogP contribution in [0.15, 0.2) is 36.4 Å². The predicted octanol–water partition coefficient (Wildman–Crippen LogP) is 1.74. The second kappa shape index (κ2) is 5.77. The number of amides is 1. The molecule has 1 aromatic carbocycles. The van der Waals surface area contributed by atoms with E-state index >= 15 is 0 Å². The van der Waals surface area contributed by atoms with Crippen LogP contribution in [0.25, 0.3) is 11.3 Å². The standard InChI is InChI=1S/C15H16FN3O3S/c1-18-14(8-13(17-18)12-5-3-2-4-6-12)19-9-11(7-15(19)20)10-23(16,21)22/h2-6,8,11H,7,9-10H2,1H3. The summed E-state index contributed by atoms with van der Waals surface area (Å²) in [6.07, 6.45) is 0.0228. The van der Waals surface area contributed by atoms with E-state index in [-0.39, 0.29) is 18.9 Å². The smallest absolute Gasteiger partial charge is 0.297 e. The number of carbonyl (C=O) groups excluding carboxylic acids is 1. The minimum absolute atomic E-state index is 0.0228. The van der Waals surface area contributed by atoms with Crippen LogP contribution in [-0.2, 0) is 22.1 Å². The molecule has 2 heterocycles. The highest BCUT2D eigenvalue weighted by Gasteiger charge is 2.35. The highest BCUT2D eigenvalue weighted by atomic mass is 32.3. The van der Waals surface area contributed by atoms with E-state index in [9.17, 15) is 17.1 Å². The lowest BCUT2D eigenvalue weighted by molar-refractivity contribution is -0.117. The van der Waals surface area contributed by atoms with E-state index in [1.807, 2.05) is 30.3 Å². The van der Waals surface area contributed by atoms with Gasteiger partial charge in [0.15, 0.2) is 0 Å². The van der Waals surface area contributed by atoms with Gasteiger partial charge >= 0.3 is 10.2 Å². The van der Waals surface area contributed by atoms with Crippen molar-refractivity contribution in [1.29, 1.82) is 0 Å². The molecule has 1 unspecified atom stereocenters. The SMILES string of the molecule is Cn1nc(-c2ccccc2)cc1N1CC(CS(=O)(=O)F)CC1=O. The quantitative estimate of drug-likeness (QED) is 0.797. The fourth-order valence-electron chi connectivity index (χ4n) is 2.86. The van der Waals surface area contributed by atoms with Crippen LogP contribution >= 0.6 is 0 Å². The van der Waals surface area contributed by atoms with Crippen LogP contribution in [0.5, 0.6) is 0 Å². The lowest BCUT2D eigenvalue weighted by Gasteiger charge is -2.15. The molecule has 0 saturated carbocycles. The Morgan fingerprint density at radius 2 is 2.00 bits per heavy atom. The molecule has 2 aromatic rings. The topological polar surface area (TPSA) is 72.3 Å². The van der Waals surface area contributed by atoms with Crippen molar-refractivity contribution in [2.45, 2.75) is 6.42 Å². The molecule has 1 aromatic heterocycles. The number of benzene rings is 1. The van der Waals surface area contributed by atoms with Crippen molar-refractivity contribution < 1.29 is 17.1 Å². The highest BCUT2D eigenvalue weighted by Crippen LogP contribution is 2.29. The first-order valence-corrected chi connectivity index (χ1v) is 8.71. The van der Waals surface area contributed by atoms with E-state index in [1.54, 1.807) is 17.8 Å². The van der Waals surface area contributed by atoms with E-state index in [2.05, 4.69) is 5.10 Å². The molecule has 3 rings (SSSR count). The van der Waals surface area contributed by atoms with E-state index < -0.39 is 21.9 Å². The van der Waals surface area contributed by atoms with Crippen LogP contribution in [0.3, 0.4) is 0 Å². The van der Waals surface area contributed by atoms with Gasteiger partial charge in [0.2, 0.25) is 5.91 Å². The first-order valence-electron chi connectivity index (χ1n) is 7.15. The van der Waals surface area contributed by atoms with Gasteiger partial charge in [-0.15, -0.1) is 3.89 Å². The second-order valence-corrected chi connectivity index (χ2v) is 7.07. The Labute approximate surface area is 133 Å². The van der Waals surface area contributed by atoms with Gasteiger partial charge in [-0.2, -0.15) is 13.5 Å². The molecule has 1 fully saturated rings. The van der Waals surface area contributed by atoms with Gasteiger partial charge in [0.05, 0.1) is 11.4 Å². The third kappa shape index (κ3) is 3.42. The van der Waals surface area contributed by atoms with Crippen LogP contribution in [-0.4, -0.2) is 36.4 Å². The summed E-state index contributed by atoms with van der Waals surface area (Å²) in [7, 11) is -2.87. The molecule has 0 bridgehead atoms. The van der Waals surface area contributed by atoms with E-state index in [4.69, 9.17) is 0 Å². The average Bonchev–Trinajstić information content (AvgIpc) is 3.01. The minimum Gasteiger partial charge on any atom is -0.297 e. The molecule has 0 aliphatic carbocycles. The zero-order valence-electron chi connectivity index (χ0n) is 12.5. The fraction of sp³-hybridized carbons (Fsp3) is 0.333. The van der Waals surface area contributed by atoms with Gasteiger partial charge in [-0.1, -0.05) is 30.3 Å². The maximum absolute atomic E-state index is 12.8. The number of anilines is 1. The Balaban J connectivity index is 1.85. The molecule has 1 atom stereocenters. The molecule has 0 radical (unpaired) electrons. The molecular weight excluding hydrogens is 321 g/mol. The number of halogens is 1. The van der Waals surface area contributed by atoms with Crippen LogP contribution in [0, 0.1) is 5.92 Å². The van der Waals surface area contributed by atoms with Crippen molar-refractivity contribution in [1.82, 2.24) is 9.78 Å². The van der Waals surface area contributed by atoms with Crippen molar-refractivity contribution in [3.63, 3.8) is 0 Å². The molecule has 1 aliphatic rings. The second-order valence-electron chi connectivity index (χ2n) is 5.66. The molecule has 122 valence electrons. The normalized spacial score (nSPS) is 18.6. The third-order valence-electron chi connectivity index (χ3n) is 3.84. The van der Waals surface area contributed by atoms with Crippen LogP contribution in [0.1, 0.15) is 6.42 Å². The van der Waals surface area contributed by atoms with Crippen molar-refractivity contribution >= 4 is 21.9 Å². The monoisotopic (exact) mass is 337 g/mol. The third-order valence-corrected chi connectivity index (χ3v) is 4.71. The largest absolute Gasteiger partial charge is 0.302 e. The Kier molecular flexibility index (Phi) is 3.93. The number of hydrogen-bond acceptors (Lipinski definition) is 4. The molecule has 6 nitrogen and oxygen atoms in total. The van der Waals surface area contributed by atoms with Gasteiger partial charge in [-0.3, -0.25) is 14.4 Å². The van der Waals surface area contributed by atoms with Crippen LogP contribution in [0.2, 0.25) is 0 Å². The summed E-state index contributed by atoms with van der Waals surface area (Å²) < 4.78 is 36.0. The zero-order valence-corrected chi connectivity index (χ0v) is 13.3. The van der Waals surface area contributed by atoms with Gasteiger partial charge in [-0.05, 0) is 0 Å². The van der Waals surface area contributed by atoms with E-state index in [0.29, 0.717) is 5.82 Å². The summed E-state index contributed by atoms with van der Waals surface area (Å²) in [5.41, 5.74) is 1.64. The molecule has 1 saturated heterocycles. The maximum atomic E-state index is 12.8. The lowest BCUT2D eigenvalue weighted by Crippen LogP contribution is -2.27. The zero-order chi connectivity index (χ0) is 16.6. The van der Waals surface area contributed by atoms with Gasteiger partial charge in [-0.25, -0.2) is 0 Å². The van der Waals surface area contributed by atoms with Crippen molar-refractivity contribution in [2.75, 3.05) is 17.2 Å². The van der Waals surface area contributed by atoms with Gasteiger partial charge in [0.1, 0.15) is 5.82 Å². The Hall–Kier alpha value is -2.22. The molecular formula is C15H16FN3O3S. The van der Waals surface area contributed by atoms with E-state index in [1.165, 1.54) is 4.90 Å². The van der Waals surface area contributed by atoms with Crippen molar-refractivity contribution in [3.8, 4) is 11.3 Å². The first kappa shape index (κ1) is 15.7. The van der Waals surface area contributed by atoms with E-state index in [0.717, 1.165) is 11.3 Å². The first-order chi connectivity index (χ1) is 10.8. The Bertz CT molecular complexity index is 833. The molecule has 0 spiro atoms. The number of carbonyl (C=O) groups is 1. The number of rotatable bonds is 4. The summed E-state index contributed by atoms with van der Waals surface area (Å²) in [5, 5.41) is 4.39. The summed E-state index contributed by atoms with van der Waals surface area (Å²) in [4.78, 5) is 13.6. The molecule has 23 heavy (non-hydrogen) atoms. The minimum atomic E-state index is -4.59. The molecule has 1 amide bonds. The fourth-order valence-corrected chi connectivity index (χ4v) is 3.64. The summed E-state index contributed by atoms with van der Waals surface area (Å²) in [6, 6.07) is 11.3. The Morgan fingerprint density at radius 1 is 1.30 bits per heavy atom. The van der Waals surface area contributed by atoms with Crippen molar-refractivity contribution in [2.24, 2.45) is 13.0 Å². The predicted molar refractivity (Wildman–Crippen MR) is 84.0 cm³/mol. The lowest BCUT2D eigenvalue weighted by atomic mass is 10.1. The number of hydrogen-bond donors (Lipinski definition) is 0. The maximum Gasteiger partial charge on any atom is 0.302 e. The summed E-state index contributed by atoms with van der Waals surface area (Å²) >= 11 is 0. The van der Waals surface area contributed by atoms with Gasteiger partial charge < -0.3 is 0 Å². The summed E-state index contributed by atoms with van der Waals surface area (Å²) in [6.45, 7) is 0.176. The number of aryl methyl sites for hydroxylation is 1. The number of aromatic nitrogens is 2. The number of nitrogens with zero attached hydrogens (tertiary/aromatic N) is 3. The van der Waals surface area contributed by atoms with Gasteiger partial charge in [0.25, 0.3) is 0 Å². The van der Waals surface area contributed by atoms with Crippen LogP contribution in [0.4, 0.5) is 9.70 Å². The molecule has 1 aliphatic heterocycles. The van der Waals surface area contributed by atoms with Crippen molar-refractivity contribution in [3.05, 3.63) is 36.4 Å². The van der Waals surface area contributed by atoms with Gasteiger partial charge in [0, 0.05) is 37.6 Å².